The van der Waals surface area contributed by atoms with E-state index in [0.29, 0.717) is 23.4 Å². The molecule has 1 saturated carbocycles. The minimum Gasteiger partial charge on any atom is -0.455 e. The lowest BCUT2D eigenvalue weighted by Gasteiger charge is -2.34. The van der Waals surface area contributed by atoms with E-state index in [1.54, 1.807) is 11.1 Å². The van der Waals surface area contributed by atoms with Gasteiger partial charge in [-0.1, -0.05) is 160 Å². The lowest BCUT2D eigenvalue weighted by atomic mass is 9.70. The predicted molar refractivity (Wildman–Crippen MR) is 230 cm³/mol. The van der Waals surface area contributed by atoms with Crippen LogP contribution in [0.2, 0.25) is 0 Å². The van der Waals surface area contributed by atoms with Crippen molar-refractivity contribution in [3.8, 4) is 56.4 Å². The van der Waals surface area contributed by atoms with Gasteiger partial charge in [0.15, 0.2) is 17.5 Å². The summed E-state index contributed by atoms with van der Waals surface area (Å²) < 4.78 is 6.67. The molecule has 11 rings (SSSR count). The van der Waals surface area contributed by atoms with E-state index in [0.717, 1.165) is 61.1 Å². The Bertz CT molecular complexity index is 2890. The van der Waals surface area contributed by atoms with Crippen molar-refractivity contribution in [1.29, 1.82) is 0 Å². The van der Waals surface area contributed by atoms with Gasteiger partial charge in [0.05, 0.1) is 0 Å². The molecular weight excluding hydrogens is 683 g/mol. The van der Waals surface area contributed by atoms with Crippen molar-refractivity contribution in [3.05, 3.63) is 163 Å². The van der Waals surface area contributed by atoms with Crippen LogP contribution in [0.15, 0.2) is 156 Å². The Morgan fingerprint density at radius 3 is 1.75 bits per heavy atom. The van der Waals surface area contributed by atoms with Gasteiger partial charge in [0.25, 0.3) is 0 Å². The van der Waals surface area contributed by atoms with Crippen LogP contribution in [0, 0.1) is 5.92 Å². The van der Waals surface area contributed by atoms with E-state index >= 15 is 0 Å². The van der Waals surface area contributed by atoms with Crippen molar-refractivity contribution >= 4 is 32.7 Å². The van der Waals surface area contributed by atoms with Crippen LogP contribution in [0.1, 0.15) is 56.6 Å². The summed E-state index contributed by atoms with van der Waals surface area (Å²) >= 11 is 0. The quantitative estimate of drug-likeness (QED) is 0.177. The average molecular weight is 724 g/mol. The summed E-state index contributed by atoms with van der Waals surface area (Å²) in [5.41, 5.74) is 12.8. The zero-order valence-corrected chi connectivity index (χ0v) is 31.7. The number of fused-ring (bicyclic) bond motifs is 8. The molecule has 1 fully saturated rings. The molecule has 56 heavy (non-hydrogen) atoms. The van der Waals surface area contributed by atoms with Crippen molar-refractivity contribution in [2.45, 2.75) is 50.9 Å². The Balaban J connectivity index is 0.998. The van der Waals surface area contributed by atoms with Crippen LogP contribution in [0.3, 0.4) is 0 Å². The normalized spacial score (nSPS) is 17.3. The fourth-order valence-corrected chi connectivity index (χ4v) is 9.94. The molecular formula is C52H41N3O. The maximum Gasteiger partial charge on any atom is 0.164 e. The first-order valence-electron chi connectivity index (χ1n) is 20.0. The summed E-state index contributed by atoms with van der Waals surface area (Å²) in [6.07, 6.45) is 5.37. The zero-order valence-electron chi connectivity index (χ0n) is 31.7. The zero-order chi connectivity index (χ0) is 37.4. The molecule has 2 aliphatic rings. The Hall–Kier alpha value is -6.39. The molecule has 0 spiro atoms. The van der Waals surface area contributed by atoms with E-state index in [1.807, 2.05) is 60.7 Å². The van der Waals surface area contributed by atoms with E-state index in [1.165, 1.54) is 42.2 Å². The topological polar surface area (TPSA) is 51.8 Å². The highest BCUT2D eigenvalue weighted by Gasteiger charge is 2.46. The second-order valence-electron chi connectivity index (χ2n) is 16.3. The van der Waals surface area contributed by atoms with Gasteiger partial charge in [0, 0.05) is 32.8 Å². The maximum atomic E-state index is 6.67. The predicted octanol–water partition coefficient (Wildman–Crippen LogP) is 13.8. The standard InChI is InChI=1S/C52H41N3O/c1-52(2)45-20-12-11-18-39(45)40-27-25-37(30-46(40)52)42-31-44-43-29-36(26-28-47(43)56-48(44)41-19-10-9-17-38(41)42)32-21-23-35(24-22-32)51-54-49(33-13-5-3-6-14-33)53-50(55-51)34-15-7-4-8-16-34/h3-10,13-17,19,21-31,39,45H,11-12,18,20H2,1-2H3. The van der Waals surface area contributed by atoms with Crippen LogP contribution in [-0.2, 0) is 5.41 Å². The summed E-state index contributed by atoms with van der Waals surface area (Å²) in [4.78, 5) is 14.7. The van der Waals surface area contributed by atoms with Crippen molar-refractivity contribution < 1.29 is 4.42 Å². The molecule has 0 aliphatic heterocycles. The SMILES string of the molecule is CC1(C)c2cc(-c3cc4c5cc(-c6ccc(-c7nc(-c8ccccc8)nc(-c8ccccc8)n7)cc6)ccc5oc4c4ccccc34)ccc2C2CCCCC21. The summed E-state index contributed by atoms with van der Waals surface area (Å²) in [6, 6.07) is 53.8. The van der Waals surface area contributed by atoms with Crippen molar-refractivity contribution in [3.63, 3.8) is 0 Å². The molecule has 4 nitrogen and oxygen atoms in total. The Morgan fingerprint density at radius 2 is 1.05 bits per heavy atom. The van der Waals surface area contributed by atoms with Gasteiger partial charge in [-0.2, -0.15) is 0 Å². The number of hydrogen-bond acceptors (Lipinski definition) is 4. The molecule has 2 aromatic heterocycles. The van der Waals surface area contributed by atoms with Gasteiger partial charge in [0.1, 0.15) is 11.2 Å². The summed E-state index contributed by atoms with van der Waals surface area (Å²) in [5, 5.41) is 4.65. The molecule has 9 aromatic rings. The molecule has 2 heterocycles. The molecule has 2 aliphatic carbocycles. The number of hydrogen-bond donors (Lipinski definition) is 0. The molecule has 0 radical (unpaired) electrons. The van der Waals surface area contributed by atoms with Gasteiger partial charge in [-0.05, 0) is 87.1 Å². The third-order valence-corrected chi connectivity index (χ3v) is 12.8. The minimum atomic E-state index is 0.182. The Kier molecular flexibility index (Phi) is 7.57. The number of furan rings is 1. The second kappa shape index (κ2) is 12.8. The molecule has 0 saturated heterocycles. The van der Waals surface area contributed by atoms with E-state index < -0.39 is 0 Å². The van der Waals surface area contributed by atoms with Crippen LogP contribution < -0.4 is 0 Å². The lowest BCUT2D eigenvalue weighted by molar-refractivity contribution is 0.233. The fourth-order valence-electron chi connectivity index (χ4n) is 9.94. The molecule has 0 amide bonds. The number of rotatable bonds is 5. The summed E-state index contributed by atoms with van der Waals surface area (Å²) in [7, 11) is 0. The summed E-state index contributed by atoms with van der Waals surface area (Å²) in [6.45, 7) is 4.97. The monoisotopic (exact) mass is 723 g/mol. The Morgan fingerprint density at radius 1 is 0.482 bits per heavy atom. The molecule has 270 valence electrons. The number of benzene rings is 7. The molecule has 2 atom stereocenters. The van der Waals surface area contributed by atoms with Crippen molar-refractivity contribution in [2.75, 3.05) is 0 Å². The Labute approximate surface area is 326 Å². The van der Waals surface area contributed by atoms with Crippen LogP contribution in [0.5, 0.6) is 0 Å². The van der Waals surface area contributed by atoms with Gasteiger partial charge in [-0.25, -0.2) is 15.0 Å². The third kappa shape index (κ3) is 5.31. The largest absolute Gasteiger partial charge is 0.455 e. The smallest absolute Gasteiger partial charge is 0.164 e. The van der Waals surface area contributed by atoms with E-state index in [-0.39, 0.29) is 5.41 Å². The highest BCUT2D eigenvalue weighted by atomic mass is 16.3. The van der Waals surface area contributed by atoms with Gasteiger partial charge >= 0.3 is 0 Å². The first kappa shape index (κ1) is 33.0. The van der Waals surface area contributed by atoms with E-state index in [2.05, 4.69) is 105 Å². The lowest BCUT2D eigenvalue weighted by Crippen LogP contribution is -2.28. The van der Waals surface area contributed by atoms with Gasteiger partial charge in [0.2, 0.25) is 0 Å². The highest BCUT2D eigenvalue weighted by molar-refractivity contribution is 6.19. The van der Waals surface area contributed by atoms with Crippen LogP contribution in [-0.4, -0.2) is 15.0 Å². The van der Waals surface area contributed by atoms with E-state index in [9.17, 15) is 0 Å². The van der Waals surface area contributed by atoms with Crippen molar-refractivity contribution in [2.24, 2.45) is 5.92 Å². The summed E-state index contributed by atoms with van der Waals surface area (Å²) in [5.74, 6) is 3.40. The molecule has 0 N–H and O–H groups in total. The number of aromatic nitrogens is 3. The third-order valence-electron chi connectivity index (χ3n) is 12.8. The van der Waals surface area contributed by atoms with Crippen LogP contribution >= 0.6 is 0 Å². The van der Waals surface area contributed by atoms with Crippen LogP contribution in [0.4, 0.5) is 0 Å². The second-order valence-corrected chi connectivity index (χ2v) is 16.3. The highest BCUT2D eigenvalue weighted by Crippen LogP contribution is 2.57. The van der Waals surface area contributed by atoms with Crippen molar-refractivity contribution in [1.82, 2.24) is 15.0 Å². The van der Waals surface area contributed by atoms with Gasteiger partial charge < -0.3 is 4.42 Å². The fraction of sp³-hybridized carbons (Fsp3) is 0.173. The maximum absolute atomic E-state index is 6.67. The molecule has 4 heteroatoms. The first-order valence-corrected chi connectivity index (χ1v) is 20.0. The minimum absolute atomic E-state index is 0.182. The van der Waals surface area contributed by atoms with E-state index in [4.69, 9.17) is 19.4 Å². The number of nitrogens with zero attached hydrogens (tertiary/aromatic N) is 3. The van der Waals surface area contributed by atoms with Gasteiger partial charge in [-0.15, -0.1) is 0 Å². The molecule has 7 aromatic carbocycles. The average Bonchev–Trinajstić information content (AvgIpc) is 3.75. The van der Waals surface area contributed by atoms with Crippen LogP contribution in [0.25, 0.3) is 89.1 Å². The first-order chi connectivity index (χ1) is 27.5. The molecule has 0 bridgehead atoms. The molecule has 2 unspecified atom stereocenters. The van der Waals surface area contributed by atoms with Gasteiger partial charge in [-0.3, -0.25) is 0 Å².